The van der Waals surface area contributed by atoms with Crippen LogP contribution in [-0.4, -0.2) is 24.0 Å². The van der Waals surface area contributed by atoms with Crippen molar-refractivity contribution in [3.8, 4) is 5.75 Å². The molecular formula is C12H10BrN3O3. The molecule has 0 radical (unpaired) electrons. The Morgan fingerprint density at radius 2 is 2.37 bits per heavy atom. The quantitative estimate of drug-likeness (QED) is 0.799. The second kappa shape index (κ2) is 4.65. The Kier molecular flexibility index (Phi) is 2.98. The fraction of sp³-hybridized carbons (Fsp3) is 0.250. The van der Waals surface area contributed by atoms with Crippen molar-refractivity contribution in [3.63, 3.8) is 0 Å². The van der Waals surface area contributed by atoms with Crippen molar-refractivity contribution in [2.75, 3.05) is 13.2 Å². The van der Waals surface area contributed by atoms with Crippen molar-refractivity contribution in [2.24, 2.45) is 5.18 Å². The molecule has 6 nitrogen and oxygen atoms in total. The Morgan fingerprint density at radius 3 is 3.16 bits per heavy atom. The first-order chi connectivity index (χ1) is 9.19. The van der Waals surface area contributed by atoms with E-state index in [0.717, 1.165) is 15.8 Å². The number of amides is 1. The average molecular weight is 324 g/mol. The largest absolute Gasteiger partial charge is 0.491 e. The number of nitrogens with one attached hydrogen (secondary N) is 1. The van der Waals surface area contributed by atoms with Gasteiger partial charge in [-0.05, 0) is 12.1 Å². The van der Waals surface area contributed by atoms with Crippen LogP contribution in [0.25, 0.3) is 0 Å². The van der Waals surface area contributed by atoms with Crippen LogP contribution in [0, 0.1) is 4.91 Å². The molecule has 1 N–H and O–H groups in total. The van der Waals surface area contributed by atoms with Gasteiger partial charge in [-0.15, -0.1) is 4.91 Å². The molecule has 1 amide bonds. The zero-order valence-electron chi connectivity index (χ0n) is 9.80. The number of nitrogens with zero attached hydrogens (tertiary/aromatic N) is 2. The number of hydrogen-bond donors (Lipinski definition) is 1. The van der Waals surface area contributed by atoms with Gasteiger partial charge in [0.05, 0.1) is 6.54 Å². The number of halogens is 1. The van der Waals surface area contributed by atoms with Crippen LogP contribution < -0.4 is 10.1 Å². The van der Waals surface area contributed by atoms with E-state index in [2.05, 4.69) is 26.4 Å². The van der Waals surface area contributed by atoms with Crippen LogP contribution in [0.5, 0.6) is 5.75 Å². The van der Waals surface area contributed by atoms with E-state index in [4.69, 9.17) is 4.74 Å². The van der Waals surface area contributed by atoms with Gasteiger partial charge in [0.1, 0.15) is 24.2 Å². The molecule has 0 saturated carbocycles. The molecule has 0 aromatic heterocycles. The van der Waals surface area contributed by atoms with Gasteiger partial charge in [-0.3, -0.25) is 4.79 Å². The van der Waals surface area contributed by atoms with E-state index < -0.39 is 5.91 Å². The van der Waals surface area contributed by atoms with Crippen LogP contribution in [0.1, 0.15) is 11.7 Å². The second-order valence-electron chi connectivity index (χ2n) is 4.25. The van der Waals surface area contributed by atoms with Crippen LogP contribution in [0.4, 0.5) is 0 Å². The van der Waals surface area contributed by atoms with Gasteiger partial charge in [0, 0.05) is 21.4 Å². The van der Waals surface area contributed by atoms with Crippen molar-refractivity contribution in [2.45, 2.75) is 6.17 Å². The molecule has 2 aliphatic rings. The zero-order valence-corrected chi connectivity index (χ0v) is 11.4. The number of rotatable bonds is 1. The minimum Gasteiger partial charge on any atom is -0.491 e. The van der Waals surface area contributed by atoms with Crippen LogP contribution in [0.15, 0.2) is 39.7 Å². The van der Waals surface area contributed by atoms with E-state index in [9.17, 15) is 9.70 Å². The number of hydrogen-bond acceptors (Lipinski definition) is 5. The van der Waals surface area contributed by atoms with Crippen LogP contribution in [0.2, 0.25) is 0 Å². The Morgan fingerprint density at radius 1 is 1.53 bits per heavy atom. The standard InChI is InChI=1S/C12H10BrN3O3/c13-7-1-2-8-10(5-7)19-4-3-16-6-9(12(17)15-18)14-11(8)16/h1-2,5-6,11,14H,3-4H2. The lowest BCUT2D eigenvalue weighted by molar-refractivity contribution is -0.114. The average Bonchev–Trinajstić information content (AvgIpc) is 2.75. The van der Waals surface area contributed by atoms with E-state index in [1.165, 1.54) is 0 Å². The van der Waals surface area contributed by atoms with Crippen molar-refractivity contribution >= 4 is 21.8 Å². The second-order valence-corrected chi connectivity index (χ2v) is 5.17. The first kappa shape index (κ1) is 12.2. The summed E-state index contributed by atoms with van der Waals surface area (Å²) in [6, 6.07) is 5.72. The molecule has 3 rings (SSSR count). The van der Waals surface area contributed by atoms with Gasteiger partial charge in [0.15, 0.2) is 0 Å². The summed E-state index contributed by atoms with van der Waals surface area (Å²) in [7, 11) is 0. The summed E-state index contributed by atoms with van der Waals surface area (Å²) in [5.41, 5.74) is 1.14. The number of benzene rings is 1. The highest BCUT2D eigenvalue weighted by atomic mass is 79.9. The molecule has 0 fully saturated rings. The van der Waals surface area contributed by atoms with Gasteiger partial charge in [-0.1, -0.05) is 22.0 Å². The lowest BCUT2D eigenvalue weighted by Crippen LogP contribution is -2.28. The maximum absolute atomic E-state index is 11.3. The van der Waals surface area contributed by atoms with Crippen molar-refractivity contribution in [1.29, 1.82) is 0 Å². The minimum atomic E-state index is -0.785. The van der Waals surface area contributed by atoms with Crippen LogP contribution >= 0.6 is 15.9 Å². The first-order valence-electron chi connectivity index (χ1n) is 5.73. The molecule has 0 bridgehead atoms. The molecule has 98 valence electrons. The minimum absolute atomic E-state index is 0.203. The molecule has 2 heterocycles. The highest BCUT2D eigenvalue weighted by molar-refractivity contribution is 9.10. The summed E-state index contributed by atoms with van der Waals surface area (Å²) in [5, 5.41) is 5.44. The summed E-state index contributed by atoms with van der Waals surface area (Å²) in [4.78, 5) is 23.6. The van der Waals surface area contributed by atoms with Gasteiger partial charge >= 0.3 is 5.91 Å². The summed E-state index contributed by atoms with van der Waals surface area (Å²) in [6.45, 7) is 1.13. The number of nitroso groups, excluding NO2 is 1. The molecule has 0 saturated heterocycles. The van der Waals surface area contributed by atoms with Crippen molar-refractivity contribution in [3.05, 3.63) is 45.0 Å². The van der Waals surface area contributed by atoms with Gasteiger partial charge in [-0.25, -0.2) is 0 Å². The van der Waals surface area contributed by atoms with Crippen LogP contribution in [-0.2, 0) is 4.79 Å². The molecule has 7 heteroatoms. The van der Waals surface area contributed by atoms with E-state index in [1.807, 2.05) is 23.1 Å². The first-order valence-corrected chi connectivity index (χ1v) is 6.52. The molecule has 0 aliphatic carbocycles. The maximum atomic E-state index is 11.3. The molecule has 1 aromatic rings. The predicted octanol–water partition coefficient (Wildman–Crippen LogP) is 1.88. The summed E-state index contributed by atoms with van der Waals surface area (Å²) in [6.07, 6.45) is 1.42. The lowest BCUT2D eigenvalue weighted by atomic mass is 10.1. The highest BCUT2D eigenvalue weighted by Crippen LogP contribution is 2.35. The molecule has 1 atom stereocenters. The molecule has 0 spiro atoms. The molecule has 1 aromatic carbocycles. The van der Waals surface area contributed by atoms with Gasteiger partial charge in [0.25, 0.3) is 0 Å². The highest BCUT2D eigenvalue weighted by Gasteiger charge is 2.32. The molecule has 1 unspecified atom stereocenters. The Bertz CT molecular complexity index is 588. The predicted molar refractivity (Wildman–Crippen MR) is 71.1 cm³/mol. The Hall–Kier alpha value is -1.89. The Labute approximate surface area is 117 Å². The smallest absolute Gasteiger partial charge is 0.334 e. The topological polar surface area (TPSA) is 71.0 Å². The number of ether oxygens (including phenoxy) is 1. The zero-order chi connectivity index (χ0) is 13.4. The van der Waals surface area contributed by atoms with Crippen molar-refractivity contribution < 1.29 is 9.53 Å². The summed E-state index contributed by atoms with van der Waals surface area (Å²) in [5.74, 6) is -0.0248. The number of carbonyl (C=O) groups is 1. The Balaban J connectivity index is 1.97. The van der Waals surface area contributed by atoms with Gasteiger partial charge in [0.2, 0.25) is 0 Å². The summed E-state index contributed by atoms with van der Waals surface area (Å²) >= 11 is 3.40. The van der Waals surface area contributed by atoms with Gasteiger partial charge in [-0.2, -0.15) is 0 Å². The molecule has 2 aliphatic heterocycles. The van der Waals surface area contributed by atoms with Gasteiger partial charge < -0.3 is 15.0 Å². The van der Waals surface area contributed by atoms with E-state index in [1.54, 1.807) is 6.20 Å². The van der Waals surface area contributed by atoms with E-state index >= 15 is 0 Å². The third-order valence-electron chi connectivity index (χ3n) is 3.11. The number of carbonyl (C=O) groups excluding carboxylic acids is 1. The summed E-state index contributed by atoms with van der Waals surface area (Å²) < 4.78 is 6.60. The molecular weight excluding hydrogens is 314 g/mol. The fourth-order valence-corrected chi connectivity index (χ4v) is 2.58. The van der Waals surface area contributed by atoms with E-state index in [0.29, 0.717) is 13.2 Å². The van der Waals surface area contributed by atoms with Crippen molar-refractivity contribution in [1.82, 2.24) is 10.2 Å². The van der Waals surface area contributed by atoms with Crippen LogP contribution in [0.3, 0.4) is 0 Å². The van der Waals surface area contributed by atoms with E-state index in [-0.39, 0.29) is 11.9 Å². The monoisotopic (exact) mass is 323 g/mol. The molecule has 19 heavy (non-hydrogen) atoms. The third kappa shape index (κ3) is 2.10. The fourth-order valence-electron chi connectivity index (χ4n) is 2.24. The normalized spacial score (nSPS) is 20.4. The SMILES string of the molecule is O=NC(=O)C1=CN2CCOc3cc(Br)ccc3C2N1. The number of fused-ring (bicyclic) bond motifs is 3. The lowest BCUT2D eigenvalue weighted by Gasteiger charge is -2.22. The maximum Gasteiger partial charge on any atom is 0.334 e. The third-order valence-corrected chi connectivity index (χ3v) is 3.60.